The summed E-state index contributed by atoms with van der Waals surface area (Å²) in [6.07, 6.45) is 0. The Morgan fingerprint density at radius 3 is 1.57 bits per heavy atom. The van der Waals surface area contributed by atoms with Crippen molar-refractivity contribution in [2.45, 2.75) is 13.8 Å². The van der Waals surface area contributed by atoms with E-state index in [0.717, 1.165) is 11.1 Å². The van der Waals surface area contributed by atoms with Gasteiger partial charge in [-0.3, -0.25) is 9.05 Å². The number of phosphoric acid groups is 1. The molecule has 0 aliphatic heterocycles. The van der Waals surface area contributed by atoms with E-state index >= 15 is 0 Å². The van der Waals surface area contributed by atoms with Crippen LogP contribution in [0.25, 0.3) is 0 Å². The topological polar surface area (TPSA) is 92.7 Å². The molecular weight excluding hydrogens is 303 g/mol. The van der Waals surface area contributed by atoms with Crippen LogP contribution in [-0.2, 0) is 33.2 Å². The van der Waals surface area contributed by atoms with E-state index in [1.54, 1.807) is 13.8 Å². The summed E-state index contributed by atoms with van der Waals surface area (Å²) in [4.78, 5) is 28.1. The lowest BCUT2D eigenvalue weighted by molar-refractivity contribution is -0.292. The lowest BCUT2D eigenvalue weighted by Gasteiger charge is -2.12. The van der Waals surface area contributed by atoms with Gasteiger partial charge in [0.2, 0.25) is 0 Å². The molecule has 1 N–H and O–H groups in total. The molecule has 0 aliphatic carbocycles. The highest BCUT2D eigenvalue weighted by Gasteiger charge is 2.20. The maximum atomic E-state index is 11.4. The number of rotatable bonds is 14. The SMILES string of the molecule is C=C(C)COOCCOP(=O)(O)OCCOOCC(=C)C. The molecule has 124 valence electrons. The molecule has 0 unspecified atom stereocenters. The lowest BCUT2D eigenvalue weighted by Crippen LogP contribution is -2.08. The zero-order chi connectivity index (χ0) is 16.1. The predicted molar refractivity (Wildman–Crippen MR) is 75.2 cm³/mol. The van der Waals surface area contributed by atoms with Crippen LogP contribution in [0.2, 0.25) is 0 Å². The predicted octanol–water partition coefficient (Wildman–Crippen LogP) is 2.17. The molecule has 0 saturated carbocycles. The molecule has 0 bridgehead atoms. The normalized spacial score (nSPS) is 11.6. The maximum Gasteiger partial charge on any atom is 0.472 e. The molecule has 0 aromatic carbocycles. The molecule has 0 radical (unpaired) electrons. The molecule has 0 aromatic heterocycles. The highest BCUT2D eigenvalue weighted by atomic mass is 31.2. The molecule has 0 aliphatic rings. The summed E-state index contributed by atoms with van der Waals surface area (Å²) in [6, 6.07) is 0. The van der Waals surface area contributed by atoms with Crippen molar-refractivity contribution in [1.82, 2.24) is 0 Å². The van der Waals surface area contributed by atoms with Gasteiger partial charge in [-0.15, -0.1) is 0 Å². The Bertz CT molecular complexity index is 327. The minimum Gasteiger partial charge on any atom is -0.302 e. The van der Waals surface area contributed by atoms with E-state index in [0.29, 0.717) is 0 Å². The number of hydrogen-bond acceptors (Lipinski definition) is 7. The standard InChI is InChI=1S/C12H23O8P/c1-11(2)9-17-15-5-7-19-21(13,14)20-8-6-16-18-10-12(3)4/h1,3,5-10H2,2,4H3,(H,13,14). The van der Waals surface area contributed by atoms with Gasteiger partial charge in [-0.1, -0.05) is 24.3 Å². The van der Waals surface area contributed by atoms with Crippen LogP contribution in [-0.4, -0.2) is 44.5 Å². The average molecular weight is 326 g/mol. The smallest absolute Gasteiger partial charge is 0.302 e. The van der Waals surface area contributed by atoms with Gasteiger partial charge in [0.1, 0.15) is 26.4 Å². The van der Waals surface area contributed by atoms with E-state index in [-0.39, 0.29) is 39.6 Å². The van der Waals surface area contributed by atoms with Crippen molar-refractivity contribution in [2.75, 3.05) is 39.6 Å². The summed E-state index contributed by atoms with van der Waals surface area (Å²) < 4.78 is 20.7. The van der Waals surface area contributed by atoms with Gasteiger partial charge in [-0.05, 0) is 13.8 Å². The molecule has 0 spiro atoms. The maximum absolute atomic E-state index is 11.4. The first-order valence-corrected chi connectivity index (χ1v) is 7.72. The second-order valence-electron chi connectivity index (χ2n) is 4.22. The van der Waals surface area contributed by atoms with Gasteiger partial charge in [0, 0.05) is 0 Å². The summed E-state index contributed by atoms with van der Waals surface area (Å²) in [5.41, 5.74) is 1.59. The molecule has 8 nitrogen and oxygen atoms in total. The number of hydrogen-bond donors (Lipinski definition) is 1. The zero-order valence-electron chi connectivity index (χ0n) is 12.4. The summed E-state index contributed by atoms with van der Waals surface area (Å²) >= 11 is 0. The van der Waals surface area contributed by atoms with Gasteiger partial charge < -0.3 is 4.89 Å². The van der Waals surface area contributed by atoms with Gasteiger partial charge in [0.25, 0.3) is 0 Å². The van der Waals surface area contributed by atoms with E-state index in [1.807, 2.05) is 0 Å². The largest absolute Gasteiger partial charge is 0.472 e. The fourth-order valence-electron chi connectivity index (χ4n) is 0.813. The van der Waals surface area contributed by atoms with Crippen LogP contribution < -0.4 is 0 Å². The fraction of sp³-hybridized carbons (Fsp3) is 0.667. The highest BCUT2D eigenvalue weighted by molar-refractivity contribution is 7.47. The Hall–Kier alpha value is -0.570. The van der Waals surface area contributed by atoms with Crippen molar-refractivity contribution in [3.63, 3.8) is 0 Å². The Morgan fingerprint density at radius 1 is 0.857 bits per heavy atom. The third-order valence-corrected chi connectivity index (χ3v) is 2.64. The minimum absolute atomic E-state index is 0.0145. The first kappa shape index (κ1) is 20.4. The van der Waals surface area contributed by atoms with E-state index in [4.69, 9.17) is 19.6 Å². The van der Waals surface area contributed by atoms with Gasteiger partial charge >= 0.3 is 7.82 Å². The second kappa shape index (κ2) is 12.0. The van der Waals surface area contributed by atoms with Crippen molar-refractivity contribution >= 4 is 7.82 Å². The summed E-state index contributed by atoms with van der Waals surface area (Å²) in [7, 11) is -4.13. The monoisotopic (exact) mass is 326 g/mol. The summed E-state index contributed by atoms with van der Waals surface area (Å²) in [5, 5.41) is 0. The van der Waals surface area contributed by atoms with Crippen LogP contribution in [0, 0.1) is 0 Å². The van der Waals surface area contributed by atoms with Crippen LogP contribution in [0.3, 0.4) is 0 Å². The molecule has 0 aromatic rings. The van der Waals surface area contributed by atoms with E-state index < -0.39 is 7.82 Å². The van der Waals surface area contributed by atoms with Crippen LogP contribution in [0.1, 0.15) is 13.8 Å². The Morgan fingerprint density at radius 2 is 1.24 bits per heavy atom. The van der Waals surface area contributed by atoms with Crippen LogP contribution in [0.4, 0.5) is 0 Å². The average Bonchev–Trinajstić information content (AvgIpc) is 2.37. The van der Waals surface area contributed by atoms with E-state index in [1.165, 1.54) is 0 Å². The van der Waals surface area contributed by atoms with Crippen LogP contribution in [0.5, 0.6) is 0 Å². The summed E-state index contributed by atoms with van der Waals surface area (Å²) in [6.45, 7) is 10.9. The molecule has 0 amide bonds. The van der Waals surface area contributed by atoms with Crippen molar-refractivity contribution < 1.29 is 38.1 Å². The first-order valence-electron chi connectivity index (χ1n) is 6.23. The minimum atomic E-state index is -4.13. The fourth-order valence-corrected chi connectivity index (χ4v) is 1.50. The van der Waals surface area contributed by atoms with Gasteiger partial charge in [-0.25, -0.2) is 24.1 Å². The van der Waals surface area contributed by atoms with Crippen molar-refractivity contribution in [2.24, 2.45) is 0 Å². The third-order valence-electron chi connectivity index (χ3n) is 1.62. The molecule has 0 atom stereocenters. The molecule has 0 fully saturated rings. The molecule has 0 rings (SSSR count). The van der Waals surface area contributed by atoms with Crippen molar-refractivity contribution in [1.29, 1.82) is 0 Å². The van der Waals surface area contributed by atoms with Gasteiger partial charge in [0.05, 0.1) is 13.2 Å². The molecule has 9 heteroatoms. The third kappa shape index (κ3) is 15.6. The molecular formula is C12H23O8P. The zero-order valence-corrected chi connectivity index (χ0v) is 13.3. The second-order valence-corrected chi connectivity index (χ2v) is 5.67. The van der Waals surface area contributed by atoms with Gasteiger partial charge in [-0.2, -0.15) is 0 Å². The van der Waals surface area contributed by atoms with Gasteiger partial charge in [0.15, 0.2) is 0 Å². The van der Waals surface area contributed by atoms with Crippen LogP contribution >= 0.6 is 7.82 Å². The van der Waals surface area contributed by atoms with Crippen molar-refractivity contribution in [3.05, 3.63) is 24.3 Å². The molecule has 0 heterocycles. The first-order chi connectivity index (χ1) is 9.83. The highest BCUT2D eigenvalue weighted by Crippen LogP contribution is 2.42. The Labute approximate surface area is 124 Å². The van der Waals surface area contributed by atoms with E-state index in [9.17, 15) is 9.46 Å². The Kier molecular flexibility index (Phi) is 11.7. The van der Waals surface area contributed by atoms with Crippen LogP contribution in [0.15, 0.2) is 24.3 Å². The number of phosphoric ester groups is 1. The van der Waals surface area contributed by atoms with Crippen molar-refractivity contribution in [3.8, 4) is 0 Å². The lowest BCUT2D eigenvalue weighted by atomic mass is 10.4. The Balaban J connectivity index is 3.49. The molecule has 0 saturated heterocycles. The quantitative estimate of drug-likeness (QED) is 0.171. The molecule has 21 heavy (non-hydrogen) atoms. The van der Waals surface area contributed by atoms with E-state index in [2.05, 4.69) is 22.2 Å². The summed E-state index contributed by atoms with van der Waals surface area (Å²) in [5.74, 6) is 0.